The van der Waals surface area contributed by atoms with E-state index in [1.54, 1.807) is 0 Å². The molecule has 0 aliphatic carbocycles. The summed E-state index contributed by atoms with van der Waals surface area (Å²) in [4.78, 5) is 2.34. The zero-order chi connectivity index (χ0) is 31.9. The van der Waals surface area contributed by atoms with E-state index in [0.717, 1.165) is 39.0 Å². The number of fused-ring (bicyclic) bond motifs is 4. The van der Waals surface area contributed by atoms with Crippen molar-refractivity contribution >= 4 is 49.8 Å². The van der Waals surface area contributed by atoms with Gasteiger partial charge in [-0.05, 0) is 75.2 Å². The molecule has 0 bridgehead atoms. The molecule has 9 aromatic rings. The van der Waals surface area contributed by atoms with Gasteiger partial charge in [0.15, 0.2) is 5.58 Å². The lowest BCUT2D eigenvalue weighted by atomic mass is 10.00. The van der Waals surface area contributed by atoms with Crippen LogP contribution in [0.15, 0.2) is 192 Å². The lowest BCUT2D eigenvalue weighted by molar-refractivity contribution is 0.669. The average molecular weight is 614 g/mol. The summed E-state index contributed by atoms with van der Waals surface area (Å²) in [5.41, 5.74) is 12.1. The number of benzene rings is 8. The van der Waals surface area contributed by atoms with Gasteiger partial charge in [-0.3, -0.25) is 0 Å². The van der Waals surface area contributed by atoms with E-state index in [0.29, 0.717) is 0 Å². The third-order valence-electron chi connectivity index (χ3n) is 9.28. The number of furan rings is 1. The predicted molar refractivity (Wildman–Crippen MR) is 202 cm³/mol. The molecular weight excluding hydrogens is 583 g/mol. The highest BCUT2D eigenvalue weighted by atomic mass is 16.3. The molecular formula is C46H31NO. The Morgan fingerprint density at radius 1 is 0.333 bits per heavy atom. The van der Waals surface area contributed by atoms with Crippen LogP contribution in [-0.2, 0) is 0 Å². The van der Waals surface area contributed by atoms with Gasteiger partial charge < -0.3 is 9.32 Å². The van der Waals surface area contributed by atoms with Crippen molar-refractivity contribution in [2.24, 2.45) is 0 Å². The number of rotatable bonds is 6. The van der Waals surface area contributed by atoms with Gasteiger partial charge in [0.2, 0.25) is 0 Å². The molecule has 8 aromatic carbocycles. The second-order valence-electron chi connectivity index (χ2n) is 12.2. The predicted octanol–water partition coefficient (Wildman–Crippen LogP) is 13.2. The lowest BCUT2D eigenvalue weighted by Crippen LogP contribution is -2.10. The smallest absolute Gasteiger partial charge is 0.159 e. The summed E-state index contributed by atoms with van der Waals surface area (Å²) in [5.74, 6) is 0. The molecule has 0 saturated carbocycles. The van der Waals surface area contributed by atoms with Gasteiger partial charge in [0.05, 0.1) is 11.4 Å². The third-order valence-corrected chi connectivity index (χ3v) is 9.28. The Kier molecular flexibility index (Phi) is 6.84. The molecule has 0 N–H and O–H groups in total. The molecule has 1 heterocycles. The summed E-state index contributed by atoms with van der Waals surface area (Å²) in [6.45, 7) is 0. The Balaban J connectivity index is 1.18. The summed E-state index contributed by atoms with van der Waals surface area (Å²) in [5, 5.41) is 4.58. The van der Waals surface area contributed by atoms with Gasteiger partial charge in [-0.15, -0.1) is 0 Å². The topological polar surface area (TPSA) is 16.4 Å². The van der Waals surface area contributed by atoms with Gasteiger partial charge in [0.25, 0.3) is 0 Å². The summed E-state index contributed by atoms with van der Waals surface area (Å²) in [6, 6.07) is 66.8. The van der Waals surface area contributed by atoms with Crippen LogP contribution in [-0.4, -0.2) is 0 Å². The highest BCUT2D eigenvalue weighted by molar-refractivity contribution is 6.12. The van der Waals surface area contributed by atoms with E-state index in [9.17, 15) is 0 Å². The molecule has 9 rings (SSSR count). The van der Waals surface area contributed by atoms with E-state index in [2.05, 4.69) is 193 Å². The molecule has 0 fully saturated rings. The fourth-order valence-electron chi connectivity index (χ4n) is 6.87. The van der Waals surface area contributed by atoms with Crippen LogP contribution in [0.4, 0.5) is 17.1 Å². The monoisotopic (exact) mass is 613 g/mol. The first-order valence-electron chi connectivity index (χ1n) is 16.3. The van der Waals surface area contributed by atoms with Crippen LogP contribution in [0.1, 0.15) is 0 Å². The van der Waals surface area contributed by atoms with E-state index in [-0.39, 0.29) is 0 Å². The first-order chi connectivity index (χ1) is 23.8. The Labute approximate surface area is 279 Å². The van der Waals surface area contributed by atoms with Crippen LogP contribution in [0, 0.1) is 0 Å². The fourth-order valence-corrected chi connectivity index (χ4v) is 6.87. The van der Waals surface area contributed by atoms with Crippen LogP contribution < -0.4 is 4.90 Å². The number of nitrogens with zero attached hydrogens (tertiary/aromatic N) is 1. The largest absolute Gasteiger partial charge is 0.454 e. The SMILES string of the molecule is c1ccc(-c2ccc(-c3ccc(N(c4cccc5ccccc45)c4cccc5c4oc4ccc(-c6ccccc6)cc45)cc3)cc2)cc1. The van der Waals surface area contributed by atoms with Crippen molar-refractivity contribution < 1.29 is 4.42 Å². The van der Waals surface area contributed by atoms with E-state index in [1.165, 1.54) is 44.2 Å². The summed E-state index contributed by atoms with van der Waals surface area (Å²) < 4.78 is 6.71. The second-order valence-corrected chi connectivity index (χ2v) is 12.2. The first kappa shape index (κ1) is 27.9. The molecule has 1 aromatic heterocycles. The van der Waals surface area contributed by atoms with Gasteiger partial charge in [0, 0.05) is 21.8 Å². The average Bonchev–Trinajstić information content (AvgIpc) is 3.55. The maximum atomic E-state index is 6.71. The number of hydrogen-bond donors (Lipinski definition) is 0. The summed E-state index contributed by atoms with van der Waals surface area (Å²) >= 11 is 0. The van der Waals surface area contributed by atoms with Crippen molar-refractivity contribution in [3.63, 3.8) is 0 Å². The van der Waals surface area contributed by atoms with Crippen LogP contribution in [0.3, 0.4) is 0 Å². The van der Waals surface area contributed by atoms with Crippen LogP contribution in [0.25, 0.3) is 66.1 Å². The second kappa shape index (κ2) is 11.8. The van der Waals surface area contributed by atoms with Crippen LogP contribution >= 0.6 is 0 Å². The molecule has 226 valence electrons. The zero-order valence-corrected chi connectivity index (χ0v) is 26.3. The molecule has 0 radical (unpaired) electrons. The molecule has 0 amide bonds. The summed E-state index contributed by atoms with van der Waals surface area (Å²) in [7, 11) is 0. The molecule has 0 saturated heterocycles. The summed E-state index contributed by atoms with van der Waals surface area (Å²) in [6.07, 6.45) is 0. The van der Waals surface area contributed by atoms with Gasteiger partial charge in [-0.2, -0.15) is 0 Å². The Hall–Kier alpha value is -6.38. The van der Waals surface area contributed by atoms with E-state index in [4.69, 9.17) is 4.42 Å². The molecule has 2 heteroatoms. The van der Waals surface area contributed by atoms with Crippen molar-refractivity contribution in [1.29, 1.82) is 0 Å². The van der Waals surface area contributed by atoms with Crippen LogP contribution in [0.5, 0.6) is 0 Å². The van der Waals surface area contributed by atoms with Crippen molar-refractivity contribution in [3.05, 3.63) is 188 Å². The fraction of sp³-hybridized carbons (Fsp3) is 0. The van der Waals surface area contributed by atoms with Crippen LogP contribution in [0.2, 0.25) is 0 Å². The zero-order valence-electron chi connectivity index (χ0n) is 26.3. The minimum atomic E-state index is 0.867. The minimum absolute atomic E-state index is 0.867. The molecule has 2 nitrogen and oxygen atoms in total. The first-order valence-corrected chi connectivity index (χ1v) is 16.3. The van der Waals surface area contributed by atoms with Gasteiger partial charge in [0.1, 0.15) is 5.58 Å². The highest BCUT2D eigenvalue weighted by Gasteiger charge is 2.21. The number of anilines is 3. The van der Waals surface area contributed by atoms with Crippen molar-refractivity contribution in [3.8, 4) is 33.4 Å². The molecule has 48 heavy (non-hydrogen) atoms. The van der Waals surface area contributed by atoms with E-state index >= 15 is 0 Å². The maximum absolute atomic E-state index is 6.71. The molecule has 0 spiro atoms. The Morgan fingerprint density at radius 3 is 1.54 bits per heavy atom. The van der Waals surface area contributed by atoms with Gasteiger partial charge >= 0.3 is 0 Å². The van der Waals surface area contributed by atoms with Gasteiger partial charge in [-0.1, -0.05) is 152 Å². The van der Waals surface area contributed by atoms with Crippen molar-refractivity contribution in [1.82, 2.24) is 0 Å². The van der Waals surface area contributed by atoms with Crippen molar-refractivity contribution in [2.45, 2.75) is 0 Å². The standard InChI is InChI=1S/C46H31NO/c1-3-11-32(12-4-1)34-21-23-35(24-22-34)36-25-28-39(29-26-36)47(43-19-9-16-37-15-7-8-17-40(37)43)44-20-10-18-41-42-31-38(33-13-5-2-6-14-33)27-30-45(42)48-46(41)44/h1-31H. The van der Waals surface area contributed by atoms with E-state index in [1.807, 2.05) is 0 Å². The van der Waals surface area contributed by atoms with Gasteiger partial charge in [-0.25, -0.2) is 0 Å². The quantitative estimate of drug-likeness (QED) is 0.185. The minimum Gasteiger partial charge on any atom is -0.454 e. The molecule has 0 aliphatic heterocycles. The molecule has 0 atom stereocenters. The third kappa shape index (κ3) is 4.92. The van der Waals surface area contributed by atoms with Crippen molar-refractivity contribution in [2.75, 3.05) is 4.90 Å². The highest BCUT2D eigenvalue weighted by Crippen LogP contribution is 2.45. The Bertz CT molecular complexity index is 2530. The van der Waals surface area contributed by atoms with E-state index < -0.39 is 0 Å². The lowest BCUT2D eigenvalue weighted by Gasteiger charge is -2.27. The Morgan fingerprint density at radius 2 is 0.833 bits per heavy atom. The number of para-hydroxylation sites is 1. The number of hydrogen-bond acceptors (Lipinski definition) is 2. The molecule has 0 unspecified atom stereocenters. The normalized spacial score (nSPS) is 11.3. The molecule has 0 aliphatic rings. The maximum Gasteiger partial charge on any atom is 0.159 e.